The number of methoxy groups -OCH3 is 1. The van der Waals surface area contributed by atoms with Crippen LogP contribution >= 0.6 is 11.3 Å². The van der Waals surface area contributed by atoms with Crippen LogP contribution in [0.5, 0.6) is 11.6 Å². The normalized spacial score (nSPS) is 10.4. The lowest BCUT2D eigenvalue weighted by Crippen LogP contribution is -2.22. The molecule has 0 saturated carbocycles. The lowest BCUT2D eigenvalue weighted by molar-refractivity contribution is 0.0950. The zero-order chi connectivity index (χ0) is 18.4. The van der Waals surface area contributed by atoms with Crippen LogP contribution in [0.1, 0.15) is 26.6 Å². The number of thiazole rings is 1. The number of aromatic nitrogens is 2. The summed E-state index contributed by atoms with van der Waals surface area (Å²) in [7, 11) is 1.56. The van der Waals surface area contributed by atoms with Crippen molar-refractivity contribution >= 4 is 17.2 Å². The zero-order valence-corrected chi connectivity index (χ0v) is 15.4. The Morgan fingerprint density at radius 1 is 1.27 bits per heavy atom. The number of benzene rings is 1. The van der Waals surface area contributed by atoms with E-state index in [-0.39, 0.29) is 5.91 Å². The van der Waals surface area contributed by atoms with Gasteiger partial charge in [-0.1, -0.05) is 12.1 Å². The molecule has 0 bridgehead atoms. The smallest absolute Gasteiger partial charge is 0.251 e. The average Bonchev–Trinajstić information content (AvgIpc) is 3.10. The minimum absolute atomic E-state index is 0.171. The highest BCUT2D eigenvalue weighted by atomic mass is 32.1. The van der Waals surface area contributed by atoms with E-state index in [2.05, 4.69) is 15.3 Å². The van der Waals surface area contributed by atoms with Crippen LogP contribution in [0.25, 0.3) is 0 Å². The number of aryl methyl sites for hydroxylation is 1. The molecule has 7 heteroatoms. The van der Waals surface area contributed by atoms with E-state index < -0.39 is 0 Å². The highest BCUT2D eigenvalue weighted by Gasteiger charge is 2.08. The summed E-state index contributed by atoms with van der Waals surface area (Å²) in [5.41, 5.74) is 2.32. The molecule has 0 aliphatic rings. The summed E-state index contributed by atoms with van der Waals surface area (Å²) in [4.78, 5) is 20.8. The summed E-state index contributed by atoms with van der Waals surface area (Å²) < 4.78 is 10.7. The Labute approximate surface area is 155 Å². The summed E-state index contributed by atoms with van der Waals surface area (Å²) in [6.45, 7) is 2.73. The molecule has 0 spiro atoms. The van der Waals surface area contributed by atoms with E-state index in [4.69, 9.17) is 9.47 Å². The van der Waals surface area contributed by atoms with Gasteiger partial charge in [-0.3, -0.25) is 4.79 Å². The Morgan fingerprint density at radius 3 is 2.85 bits per heavy atom. The maximum atomic E-state index is 12.3. The van der Waals surface area contributed by atoms with Crippen LogP contribution in [0.3, 0.4) is 0 Å². The van der Waals surface area contributed by atoms with Gasteiger partial charge in [0.15, 0.2) is 0 Å². The first-order valence-electron chi connectivity index (χ1n) is 8.05. The number of pyridine rings is 1. The fourth-order valence-electron chi connectivity index (χ4n) is 2.28. The predicted octanol–water partition coefficient (Wildman–Crippen LogP) is 3.36. The number of carbonyl (C=O) groups is 1. The van der Waals surface area contributed by atoms with Gasteiger partial charge in [0.05, 0.1) is 17.8 Å². The molecule has 0 unspecified atom stereocenters. The van der Waals surface area contributed by atoms with Gasteiger partial charge in [0.25, 0.3) is 5.91 Å². The second-order valence-electron chi connectivity index (χ2n) is 5.57. The largest absolute Gasteiger partial charge is 0.487 e. The van der Waals surface area contributed by atoms with Crippen molar-refractivity contribution in [2.75, 3.05) is 7.11 Å². The Balaban J connectivity index is 1.56. The molecule has 134 valence electrons. The lowest BCUT2D eigenvalue weighted by atomic mass is 10.2. The van der Waals surface area contributed by atoms with Crippen LogP contribution in [0.15, 0.2) is 48.0 Å². The van der Waals surface area contributed by atoms with E-state index in [1.54, 1.807) is 48.9 Å². The molecular formula is C19H19N3O3S. The minimum Gasteiger partial charge on any atom is -0.487 e. The van der Waals surface area contributed by atoms with Crippen molar-refractivity contribution in [3.63, 3.8) is 0 Å². The van der Waals surface area contributed by atoms with Crippen LogP contribution in [-0.2, 0) is 13.2 Å². The Hall–Kier alpha value is -2.93. The molecule has 0 fully saturated rings. The average molecular weight is 369 g/mol. The van der Waals surface area contributed by atoms with E-state index in [0.29, 0.717) is 30.3 Å². The number of amides is 1. The number of nitrogens with zero attached hydrogens (tertiary/aromatic N) is 2. The first-order chi connectivity index (χ1) is 12.6. The standard InChI is InChI=1S/C19H19N3O3S/c1-13-22-16(12-26-13)11-25-17-5-3-4-15(8-17)19(23)21-10-14-6-7-18(24-2)20-9-14/h3-9,12H,10-11H2,1-2H3,(H,21,23). The zero-order valence-electron chi connectivity index (χ0n) is 14.6. The third-order valence-electron chi connectivity index (χ3n) is 3.61. The highest BCUT2D eigenvalue weighted by molar-refractivity contribution is 7.09. The van der Waals surface area contributed by atoms with E-state index in [1.807, 2.05) is 24.4 Å². The second kappa shape index (κ2) is 8.44. The van der Waals surface area contributed by atoms with Crippen LogP contribution in [0.4, 0.5) is 0 Å². The molecule has 0 saturated heterocycles. The Bertz CT molecular complexity index is 878. The van der Waals surface area contributed by atoms with Gasteiger partial charge in [0.1, 0.15) is 12.4 Å². The van der Waals surface area contributed by atoms with Crippen LogP contribution in [0, 0.1) is 6.92 Å². The van der Waals surface area contributed by atoms with Crippen LogP contribution < -0.4 is 14.8 Å². The molecule has 6 nitrogen and oxygen atoms in total. The molecule has 0 atom stereocenters. The van der Waals surface area contributed by atoms with Gasteiger partial charge in [-0.2, -0.15) is 0 Å². The minimum atomic E-state index is -0.171. The molecule has 0 aliphatic carbocycles. The van der Waals surface area contributed by atoms with Crippen molar-refractivity contribution in [3.05, 3.63) is 69.8 Å². The molecule has 1 aromatic carbocycles. The maximum Gasteiger partial charge on any atom is 0.251 e. The van der Waals surface area contributed by atoms with E-state index >= 15 is 0 Å². The highest BCUT2D eigenvalue weighted by Crippen LogP contribution is 2.16. The molecular weight excluding hydrogens is 350 g/mol. The summed E-state index contributed by atoms with van der Waals surface area (Å²) in [6, 6.07) is 10.7. The summed E-state index contributed by atoms with van der Waals surface area (Å²) in [5.74, 6) is 1.01. The number of carbonyl (C=O) groups excluding carboxylic acids is 1. The van der Waals surface area contributed by atoms with Crippen molar-refractivity contribution in [1.29, 1.82) is 0 Å². The fraction of sp³-hybridized carbons (Fsp3) is 0.211. The number of hydrogen-bond donors (Lipinski definition) is 1. The monoisotopic (exact) mass is 369 g/mol. The molecule has 0 aliphatic heterocycles. The van der Waals surface area contributed by atoms with Gasteiger partial charge in [0.2, 0.25) is 5.88 Å². The van der Waals surface area contributed by atoms with Crippen molar-refractivity contribution in [2.45, 2.75) is 20.1 Å². The van der Waals surface area contributed by atoms with Gasteiger partial charge in [-0.25, -0.2) is 9.97 Å². The molecule has 3 aromatic rings. The third-order valence-corrected chi connectivity index (χ3v) is 4.43. The van der Waals surface area contributed by atoms with Gasteiger partial charge in [-0.05, 0) is 30.7 Å². The number of ether oxygens (including phenoxy) is 2. The van der Waals surface area contributed by atoms with E-state index in [1.165, 1.54) is 0 Å². The van der Waals surface area contributed by atoms with Gasteiger partial charge < -0.3 is 14.8 Å². The number of hydrogen-bond acceptors (Lipinski definition) is 6. The molecule has 1 amide bonds. The van der Waals surface area contributed by atoms with Gasteiger partial charge in [-0.15, -0.1) is 11.3 Å². The molecule has 2 heterocycles. The van der Waals surface area contributed by atoms with Crippen molar-refractivity contribution in [1.82, 2.24) is 15.3 Å². The summed E-state index contributed by atoms with van der Waals surface area (Å²) in [5, 5.41) is 5.84. The first kappa shape index (κ1) is 17.9. The molecule has 0 radical (unpaired) electrons. The van der Waals surface area contributed by atoms with Crippen molar-refractivity contribution < 1.29 is 14.3 Å². The quantitative estimate of drug-likeness (QED) is 0.691. The van der Waals surface area contributed by atoms with E-state index in [9.17, 15) is 4.79 Å². The predicted molar refractivity (Wildman–Crippen MR) is 99.6 cm³/mol. The molecule has 2 aromatic heterocycles. The maximum absolute atomic E-state index is 12.3. The van der Waals surface area contributed by atoms with E-state index in [0.717, 1.165) is 16.3 Å². The summed E-state index contributed by atoms with van der Waals surface area (Å²) in [6.07, 6.45) is 1.68. The van der Waals surface area contributed by atoms with Crippen LogP contribution in [0.2, 0.25) is 0 Å². The second-order valence-corrected chi connectivity index (χ2v) is 6.63. The Kier molecular flexibility index (Phi) is 5.80. The summed E-state index contributed by atoms with van der Waals surface area (Å²) >= 11 is 1.59. The number of rotatable bonds is 7. The van der Waals surface area contributed by atoms with Crippen molar-refractivity contribution in [2.24, 2.45) is 0 Å². The SMILES string of the molecule is COc1ccc(CNC(=O)c2cccc(OCc3csc(C)n3)c2)cn1. The van der Waals surface area contributed by atoms with Gasteiger partial charge in [0, 0.05) is 29.8 Å². The molecule has 1 N–H and O–H groups in total. The number of nitrogens with one attached hydrogen (secondary N) is 1. The van der Waals surface area contributed by atoms with Crippen LogP contribution in [-0.4, -0.2) is 23.0 Å². The molecule has 3 rings (SSSR count). The third kappa shape index (κ3) is 4.80. The fourth-order valence-corrected chi connectivity index (χ4v) is 2.88. The molecule has 26 heavy (non-hydrogen) atoms. The lowest BCUT2D eigenvalue weighted by Gasteiger charge is -2.08. The Morgan fingerprint density at radius 2 is 2.15 bits per heavy atom. The van der Waals surface area contributed by atoms with Crippen molar-refractivity contribution in [3.8, 4) is 11.6 Å². The topological polar surface area (TPSA) is 73.3 Å². The first-order valence-corrected chi connectivity index (χ1v) is 8.93. The van der Waals surface area contributed by atoms with Gasteiger partial charge >= 0.3 is 0 Å².